The number of nitrogens with one attached hydrogen (secondary N) is 2. The van der Waals surface area contributed by atoms with E-state index >= 15 is 0 Å². The second-order valence-electron chi connectivity index (χ2n) is 6.51. The number of rotatable bonds is 3. The molecule has 0 bridgehead atoms. The number of aliphatic imine (C=N–C) groups is 1. The Morgan fingerprint density at radius 3 is 2.12 bits per heavy atom. The second kappa shape index (κ2) is 7.05. The predicted octanol–water partition coefficient (Wildman–Crippen LogP) is 2.14. The van der Waals surface area contributed by atoms with Crippen LogP contribution in [-0.2, 0) is 19.5 Å². The topological polar surface area (TPSA) is 39.7 Å². The van der Waals surface area contributed by atoms with Crippen molar-refractivity contribution in [2.75, 3.05) is 26.2 Å². The average molecular weight is 320 g/mol. The number of nitrogens with zero attached hydrogens (tertiary/aromatic N) is 2. The Morgan fingerprint density at radius 2 is 1.54 bits per heavy atom. The molecule has 0 amide bonds. The smallest absolute Gasteiger partial charge is 0.191 e. The van der Waals surface area contributed by atoms with Crippen LogP contribution in [0.15, 0.2) is 53.5 Å². The van der Waals surface area contributed by atoms with E-state index < -0.39 is 0 Å². The predicted molar refractivity (Wildman–Crippen MR) is 98.1 cm³/mol. The van der Waals surface area contributed by atoms with Gasteiger partial charge in [0.2, 0.25) is 0 Å². The molecule has 2 N–H and O–H groups in total. The first kappa shape index (κ1) is 15.2. The first-order chi connectivity index (χ1) is 11.9. The third-order valence-corrected chi connectivity index (χ3v) is 4.80. The molecule has 0 atom stereocenters. The minimum atomic E-state index is 0.882. The van der Waals surface area contributed by atoms with Crippen molar-refractivity contribution in [2.24, 2.45) is 4.99 Å². The zero-order chi connectivity index (χ0) is 16.2. The molecule has 2 aliphatic rings. The Labute approximate surface area is 143 Å². The van der Waals surface area contributed by atoms with E-state index in [2.05, 4.69) is 69.1 Å². The summed E-state index contributed by atoms with van der Waals surface area (Å²) in [6.45, 7) is 5.76. The van der Waals surface area contributed by atoms with Crippen molar-refractivity contribution < 1.29 is 0 Å². The van der Waals surface area contributed by atoms with Crippen LogP contribution in [0.25, 0.3) is 0 Å². The van der Waals surface area contributed by atoms with Gasteiger partial charge in [-0.1, -0.05) is 48.5 Å². The first-order valence-electron chi connectivity index (χ1n) is 8.76. The lowest BCUT2D eigenvalue weighted by Crippen LogP contribution is -2.39. The Balaban J connectivity index is 1.51. The van der Waals surface area contributed by atoms with Crippen molar-refractivity contribution >= 4 is 5.96 Å². The van der Waals surface area contributed by atoms with E-state index in [1.807, 2.05) is 0 Å². The molecule has 0 aromatic heterocycles. The summed E-state index contributed by atoms with van der Waals surface area (Å²) in [4.78, 5) is 6.93. The van der Waals surface area contributed by atoms with Gasteiger partial charge < -0.3 is 10.6 Å². The maximum atomic E-state index is 4.40. The van der Waals surface area contributed by atoms with Gasteiger partial charge in [-0.05, 0) is 28.7 Å². The van der Waals surface area contributed by atoms with Crippen LogP contribution in [-0.4, -0.2) is 37.0 Å². The van der Waals surface area contributed by atoms with Gasteiger partial charge in [-0.25, -0.2) is 0 Å². The number of guanidine groups is 1. The summed E-state index contributed by atoms with van der Waals surface area (Å²) >= 11 is 0. The fourth-order valence-electron chi connectivity index (χ4n) is 3.52. The lowest BCUT2D eigenvalue weighted by molar-refractivity contribution is 0.258. The standard InChI is InChI=1S/C20H24N4/c1-3-7-18-14-24(12-11-23-20-21-9-10-22-20)15-19-8-4-2-6-17(19)13-16(18)5-1/h1-8H,9-15H2,(H2,21,22,23). The molecule has 0 radical (unpaired) electrons. The highest BCUT2D eigenvalue weighted by Gasteiger charge is 2.16. The maximum Gasteiger partial charge on any atom is 0.191 e. The molecule has 4 nitrogen and oxygen atoms in total. The number of hydrogen-bond donors (Lipinski definition) is 2. The molecule has 2 aromatic rings. The fraction of sp³-hybridized carbons (Fsp3) is 0.350. The Bertz CT molecular complexity index is 690. The molecule has 0 fully saturated rings. The zero-order valence-electron chi connectivity index (χ0n) is 14.0. The lowest BCUT2D eigenvalue weighted by atomic mass is 9.94. The minimum absolute atomic E-state index is 0.882. The Hall–Kier alpha value is -2.33. The zero-order valence-corrected chi connectivity index (χ0v) is 14.0. The van der Waals surface area contributed by atoms with Gasteiger partial charge >= 0.3 is 0 Å². The summed E-state index contributed by atoms with van der Waals surface area (Å²) in [6.07, 6.45) is 1.04. The van der Waals surface area contributed by atoms with Gasteiger partial charge in [0.15, 0.2) is 5.96 Å². The van der Waals surface area contributed by atoms with Crippen LogP contribution < -0.4 is 10.6 Å². The van der Waals surface area contributed by atoms with Crippen molar-refractivity contribution in [2.45, 2.75) is 19.5 Å². The Morgan fingerprint density at radius 1 is 0.917 bits per heavy atom. The highest BCUT2D eigenvalue weighted by molar-refractivity contribution is 5.81. The quantitative estimate of drug-likeness (QED) is 0.910. The normalized spacial score (nSPS) is 17.1. The van der Waals surface area contributed by atoms with Gasteiger partial charge in [-0.3, -0.25) is 9.89 Å². The summed E-state index contributed by atoms with van der Waals surface area (Å²) in [5.74, 6) is 0.947. The molecular weight excluding hydrogens is 296 g/mol. The van der Waals surface area contributed by atoms with Crippen molar-refractivity contribution in [3.8, 4) is 0 Å². The summed E-state index contributed by atoms with van der Waals surface area (Å²) < 4.78 is 0. The van der Waals surface area contributed by atoms with Crippen molar-refractivity contribution in [1.82, 2.24) is 15.5 Å². The van der Waals surface area contributed by atoms with Gasteiger partial charge in [0.1, 0.15) is 0 Å². The molecular formula is C20H24N4. The minimum Gasteiger partial charge on any atom is -0.355 e. The van der Waals surface area contributed by atoms with Gasteiger partial charge in [-0.15, -0.1) is 0 Å². The molecule has 0 unspecified atom stereocenters. The summed E-state index contributed by atoms with van der Waals surface area (Å²) in [5, 5.41) is 6.68. The highest BCUT2D eigenvalue weighted by Crippen LogP contribution is 2.23. The number of benzene rings is 2. The van der Waals surface area contributed by atoms with E-state index in [1.54, 1.807) is 0 Å². The van der Waals surface area contributed by atoms with E-state index in [0.29, 0.717) is 0 Å². The number of hydrogen-bond acceptors (Lipinski definition) is 4. The van der Waals surface area contributed by atoms with Crippen LogP contribution in [0.5, 0.6) is 0 Å². The van der Waals surface area contributed by atoms with Crippen LogP contribution in [0.4, 0.5) is 0 Å². The van der Waals surface area contributed by atoms with Gasteiger partial charge in [0, 0.05) is 32.7 Å². The molecule has 4 heteroatoms. The summed E-state index contributed by atoms with van der Waals surface area (Å²) in [5.41, 5.74) is 5.79. The molecule has 0 saturated carbocycles. The molecule has 124 valence electrons. The first-order valence-corrected chi connectivity index (χ1v) is 8.76. The third-order valence-electron chi connectivity index (χ3n) is 4.80. The monoisotopic (exact) mass is 320 g/mol. The molecule has 0 saturated heterocycles. The number of fused-ring (bicyclic) bond motifs is 2. The van der Waals surface area contributed by atoms with Crippen LogP contribution in [0.1, 0.15) is 22.3 Å². The fourth-order valence-corrected chi connectivity index (χ4v) is 3.52. The molecule has 2 aromatic carbocycles. The van der Waals surface area contributed by atoms with Crippen LogP contribution in [0.2, 0.25) is 0 Å². The van der Waals surface area contributed by atoms with Gasteiger partial charge in [0.25, 0.3) is 0 Å². The van der Waals surface area contributed by atoms with E-state index in [4.69, 9.17) is 0 Å². The van der Waals surface area contributed by atoms with Gasteiger partial charge in [-0.2, -0.15) is 0 Å². The SMILES string of the molecule is c1ccc2c(c1)Cc1ccccc1CN(CCNC1=NCCN1)C2. The highest BCUT2D eigenvalue weighted by atomic mass is 15.2. The molecule has 0 spiro atoms. The summed E-state index contributed by atoms with van der Waals surface area (Å²) in [7, 11) is 0. The van der Waals surface area contributed by atoms with Crippen molar-refractivity contribution in [3.63, 3.8) is 0 Å². The van der Waals surface area contributed by atoms with E-state index in [9.17, 15) is 0 Å². The molecule has 2 heterocycles. The Kier molecular flexibility index (Phi) is 4.47. The van der Waals surface area contributed by atoms with Gasteiger partial charge in [0.05, 0.1) is 6.54 Å². The van der Waals surface area contributed by atoms with Crippen molar-refractivity contribution in [3.05, 3.63) is 70.8 Å². The molecule has 24 heavy (non-hydrogen) atoms. The lowest BCUT2D eigenvalue weighted by Gasteiger charge is -2.28. The summed E-state index contributed by atoms with van der Waals surface area (Å²) in [6, 6.07) is 17.7. The largest absolute Gasteiger partial charge is 0.355 e. The second-order valence-corrected chi connectivity index (χ2v) is 6.51. The van der Waals surface area contributed by atoms with Crippen LogP contribution in [0, 0.1) is 0 Å². The van der Waals surface area contributed by atoms with Crippen molar-refractivity contribution in [1.29, 1.82) is 0 Å². The third kappa shape index (κ3) is 3.44. The van der Waals surface area contributed by atoms with E-state index in [0.717, 1.165) is 51.6 Å². The van der Waals surface area contributed by atoms with Crippen LogP contribution in [0.3, 0.4) is 0 Å². The molecule has 0 aliphatic carbocycles. The van der Waals surface area contributed by atoms with E-state index in [1.165, 1.54) is 22.3 Å². The van der Waals surface area contributed by atoms with E-state index in [-0.39, 0.29) is 0 Å². The maximum absolute atomic E-state index is 4.40. The average Bonchev–Trinajstić information content (AvgIpc) is 3.09. The molecule has 4 rings (SSSR count). The van der Waals surface area contributed by atoms with Crippen LogP contribution >= 0.6 is 0 Å². The molecule has 2 aliphatic heterocycles.